The maximum absolute atomic E-state index is 6.29. The van der Waals surface area contributed by atoms with Crippen LogP contribution in [0.25, 0.3) is 0 Å². The van der Waals surface area contributed by atoms with E-state index in [4.69, 9.17) is 15.2 Å². The fraction of sp³-hybridized carbons (Fsp3) is 0.647. The van der Waals surface area contributed by atoms with Crippen molar-refractivity contribution in [3.8, 4) is 11.5 Å². The summed E-state index contributed by atoms with van der Waals surface area (Å²) in [7, 11) is 3.34. The zero-order chi connectivity index (χ0) is 15.2. The van der Waals surface area contributed by atoms with Gasteiger partial charge in [0, 0.05) is 30.9 Å². The van der Waals surface area contributed by atoms with Gasteiger partial charge in [0.05, 0.1) is 14.2 Å². The van der Waals surface area contributed by atoms with Crippen LogP contribution in [0.3, 0.4) is 0 Å². The number of anilines is 1. The molecule has 0 saturated carbocycles. The molecule has 1 aliphatic rings. The number of piperidine rings is 1. The number of hydrogen-bond acceptors (Lipinski definition) is 4. The van der Waals surface area contributed by atoms with Crippen LogP contribution in [-0.2, 0) is 0 Å². The quantitative estimate of drug-likeness (QED) is 0.875. The van der Waals surface area contributed by atoms with Gasteiger partial charge in [-0.2, -0.15) is 0 Å². The van der Waals surface area contributed by atoms with Crippen molar-refractivity contribution in [2.75, 3.05) is 32.2 Å². The van der Waals surface area contributed by atoms with Crippen molar-refractivity contribution >= 4 is 5.69 Å². The number of nitrogens with two attached hydrogens (primary N) is 1. The van der Waals surface area contributed by atoms with Gasteiger partial charge in [-0.1, -0.05) is 19.8 Å². The molecule has 1 aromatic carbocycles. The number of unbranched alkanes of at least 4 members (excludes halogenated alkanes) is 1. The van der Waals surface area contributed by atoms with E-state index in [9.17, 15) is 0 Å². The van der Waals surface area contributed by atoms with Gasteiger partial charge in [0.2, 0.25) is 0 Å². The molecule has 1 heterocycles. The van der Waals surface area contributed by atoms with Crippen molar-refractivity contribution in [1.29, 1.82) is 0 Å². The molecule has 21 heavy (non-hydrogen) atoms. The maximum Gasteiger partial charge on any atom is 0.162 e. The molecule has 1 saturated heterocycles. The second kappa shape index (κ2) is 7.55. The molecule has 0 aliphatic carbocycles. The van der Waals surface area contributed by atoms with Crippen LogP contribution in [0.15, 0.2) is 18.2 Å². The molecule has 0 aromatic heterocycles. The van der Waals surface area contributed by atoms with Crippen molar-refractivity contribution in [3.63, 3.8) is 0 Å². The first-order valence-electron chi connectivity index (χ1n) is 7.92. The molecule has 2 rings (SSSR count). The van der Waals surface area contributed by atoms with Crippen molar-refractivity contribution in [2.24, 2.45) is 11.7 Å². The lowest BCUT2D eigenvalue weighted by molar-refractivity contribution is 0.329. The molecule has 0 bridgehead atoms. The zero-order valence-electron chi connectivity index (χ0n) is 13.5. The number of methoxy groups -OCH3 is 2. The first kappa shape index (κ1) is 16.0. The van der Waals surface area contributed by atoms with Crippen LogP contribution in [0.2, 0.25) is 0 Å². The summed E-state index contributed by atoms with van der Waals surface area (Å²) in [6, 6.07) is 6.48. The number of benzene rings is 1. The van der Waals surface area contributed by atoms with E-state index in [0.717, 1.165) is 31.0 Å². The average molecular weight is 292 g/mol. The molecular weight excluding hydrogens is 264 g/mol. The van der Waals surface area contributed by atoms with E-state index in [1.54, 1.807) is 14.2 Å². The molecule has 0 unspecified atom stereocenters. The molecule has 1 fully saturated rings. The summed E-state index contributed by atoms with van der Waals surface area (Å²) >= 11 is 0. The Kier molecular flexibility index (Phi) is 5.74. The van der Waals surface area contributed by atoms with Crippen molar-refractivity contribution in [1.82, 2.24) is 0 Å². The molecule has 0 amide bonds. The van der Waals surface area contributed by atoms with Gasteiger partial charge in [0.15, 0.2) is 11.5 Å². The van der Waals surface area contributed by atoms with E-state index in [2.05, 4.69) is 24.0 Å². The summed E-state index contributed by atoms with van der Waals surface area (Å²) in [5.74, 6) is 2.15. The third-order valence-electron chi connectivity index (χ3n) is 4.45. The summed E-state index contributed by atoms with van der Waals surface area (Å²) in [6.07, 6.45) is 4.78. The third-order valence-corrected chi connectivity index (χ3v) is 4.45. The lowest BCUT2D eigenvalue weighted by Crippen LogP contribution is -2.47. The Morgan fingerprint density at radius 2 is 2.00 bits per heavy atom. The van der Waals surface area contributed by atoms with Gasteiger partial charge in [0.25, 0.3) is 0 Å². The lowest BCUT2D eigenvalue weighted by Gasteiger charge is -2.38. The Balaban J connectivity index is 2.10. The zero-order valence-corrected chi connectivity index (χ0v) is 13.5. The number of nitrogens with zero attached hydrogens (tertiary/aromatic N) is 1. The fourth-order valence-electron chi connectivity index (χ4n) is 3.08. The van der Waals surface area contributed by atoms with E-state index in [-0.39, 0.29) is 0 Å². The highest BCUT2D eigenvalue weighted by atomic mass is 16.5. The third kappa shape index (κ3) is 3.82. The standard InChI is InChI=1S/C17H28N2O2/c1-4-5-6-13-12-19(10-9-15(13)18)14-7-8-16(20-2)17(11-14)21-3/h7-8,11,13,15H,4-6,9-10,12,18H2,1-3H3/t13-,15-/m0/s1. The molecule has 4 nitrogen and oxygen atoms in total. The van der Waals surface area contributed by atoms with Crippen LogP contribution in [-0.4, -0.2) is 33.4 Å². The average Bonchev–Trinajstić information content (AvgIpc) is 2.53. The normalized spacial score (nSPS) is 22.2. The SMILES string of the molecule is CCCC[C@H]1CN(c2ccc(OC)c(OC)c2)CC[C@@H]1N. The highest BCUT2D eigenvalue weighted by Gasteiger charge is 2.26. The Labute approximate surface area is 128 Å². The van der Waals surface area contributed by atoms with E-state index < -0.39 is 0 Å². The Bertz CT molecular complexity index is 450. The Hall–Kier alpha value is -1.42. The maximum atomic E-state index is 6.29. The van der Waals surface area contributed by atoms with Gasteiger partial charge < -0.3 is 20.1 Å². The smallest absolute Gasteiger partial charge is 0.162 e. The lowest BCUT2D eigenvalue weighted by atomic mass is 9.88. The Morgan fingerprint density at radius 3 is 2.67 bits per heavy atom. The second-order valence-corrected chi connectivity index (χ2v) is 5.84. The van der Waals surface area contributed by atoms with Crippen LogP contribution in [0.4, 0.5) is 5.69 Å². The monoisotopic (exact) mass is 292 g/mol. The van der Waals surface area contributed by atoms with Gasteiger partial charge in [-0.05, 0) is 30.9 Å². The number of hydrogen-bond donors (Lipinski definition) is 1. The number of rotatable bonds is 6. The number of ether oxygens (including phenoxy) is 2. The van der Waals surface area contributed by atoms with Crippen molar-refractivity contribution in [2.45, 2.75) is 38.6 Å². The Morgan fingerprint density at radius 1 is 1.24 bits per heavy atom. The minimum atomic E-state index is 0.341. The molecule has 0 radical (unpaired) electrons. The van der Waals surface area contributed by atoms with E-state index in [1.807, 2.05) is 6.07 Å². The largest absolute Gasteiger partial charge is 0.493 e. The van der Waals surface area contributed by atoms with Gasteiger partial charge in [0.1, 0.15) is 0 Å². The van der Waals surface area contributed by atoms with Crippen LogP contribution in [0, 0.1) is 5.92 Å². The van der Waals surface area contributed by atoms with E-state index >= 15 is 0 Å². The van der Waals surface area contributed by atoms with Crippen LogP contribution in [0.1, 0.15) is 32.6 Å². The fourth-order valence-corrected chi connectivity index (χ4v) is 3.08. The molecule has 118 valence electrons. The minimum absolute atomic E-state index is 0.341. The first-order valence-corrected chi connectivity index (χ1v) is 7.92. The molecule has 1 aliphatic heterocycles. The summed E-state index contributed by atoms with van der Waals surface area (Å²) in [4.78, 5) is 2.42. The topological polar surface area (TPSA) is 47.7 Å². The molecular formula is C17H28N2O2. The predicted molar refractivity (Wildman–Crippen MR) is 87.4 cm³/mol. The highest BCUT2D eigenvalue weighted by Crippen LogP contribution is 2.33. The van der Waals surface area contributed by atoms with Crippen molar-refractivity contribution in [3.05, 3.63) is 18.2 Å². The molecule has 0 spiro atoms. The summed E-state index contributed by atoms with van der Waals surface area (Å²) in [5.41, 5.74) is 7.49. The molecule has 2 N–H and O–H groups in total. The molecule has 1 aromatic rings. The minimum Gasteiger partial charge on any atom is -0.493 e. The van der Waals surface area contributed by atoms with Crippen LogP contribution < -0.4 is 20.1 Å². The van der Waals surface area contributed by atoms with Crippen LogP contribution >= 0.6 is 0 Å². The molecule has 2 atom stereocenters. The highest BCUT2D eigenvalue weighted by molar-refractivity contribution is 5.56. The van der Waals surface area contributed by atoms with Crippen molar-refractivity contribution < 1.29 is 9.47 Å². The summed E-state index contributed by atoms with van der Waals surface area (Å²) < 4.78 is 10.7. The van der Waals surface area contributed by atoms with E-state index in [1.165, 1.54) is 24.9 Å². The summed E-state index contributed by atoms with van der Waals surface area (Å²) in [5, 5.41) is 0. The summed E-state index contributed by atoms with van der Waals surface area (Å²) in [6.45, 7) is 4.29. The van der Waals surface area contributed by atoms with E-state index in [0.29, 0.717) is 12.0 Å². The van der Waals surface area contributed by atoms with Crippen LogP contribution in [0.5, 0.6) is 11.5 Å². The second-order valence-electron chi connectivity index (χ2n) is 5.84. The predicted octanol–water partition coefficient (Wildman–Crippen LogP) is 3.05. The first-order chi connectivity index (χ1) is 10.2. The van der Waals surface area contributed by atoms with Gasteiger partial charge in [-0.3, -0.25) is 0 Å². The molecule has 4 heteroatoms. The van der Waals surface area contributed by atoms with Gasteiger partial charge in [-0.25, -0.2) is 0 Å². The van der Waals surface area contributed by atoms with Gasteiger partial charge >= 0.3 is 0 Å². The van der Waals surface area contributed by atoms with Gasteiger partial charge in [-0.15, -0.1) is 0 Å².